The number of nitrogens with zero attached hydrogens (tertiary/aromatic N) is 1. The van der Waals surface area contributed by atoms with E-state index in [9.17, 15) is 0 Å². The number of rotatable bonds is 4. The Morgan fingerprint density at radius 2 is 2.44 bits per heavy atom. The van der Waals surface area contributed by atoms with Crippen molar-refractivity contribution in [2.24, 2.45) is 5.92 Å². The molecule has 1 aliphatic heterocycles. The van der Waals surface area contributed by atoms with Gasteiger partial charge in [-0.15, -0.1) is 0 Å². The molecule has 1 atom stereocenters. The van der Waals surface area contributed by atoms with Crippen molar-refractivity contribution in [3.63, 3.8) is 0 Å². The van der Waals surface area contributed by atoms with E-state index >= 15 is 0 Å². The Kier molecular flexibility index (Phi) is 4.31. The second-order valence-corrected chi connectivity index (χ2v) is 4.58. The van der Waals surface area contributed by atoms with E-state index in [4.69, 9.17) is 4.74 Å². The van der Waals surface area contributed by atoms with Crippen LogP contribution in [0.25, 0.3) is 0 Å². The van der Waals surface area contributed by atoms with Crippen LogP contribution in [0.3, 0.4) is 0 Å². The SMILES string of the molecule is Cc1cncc(CNCC2CCCOC2)c1. The lowest BCUT2D eigenvalue weighted by Crippen LogP contribution is -2.28. The molecule has 2 heterocycles. The zero-order valence-corrected chi connectivity index (χ0v) is 9.91. The second-order valence-electron chi connectivity index (χ2n) is 4.58. The van der Waals surface area contributed by atoms with Crippen LogP contribution >= 0.6 is 0 Å². The van der Waals surface area contributed by atoms with E-state index in [0.717, 1.165) is 26.3 Å². The Morgan fingerprint density at radius 1 is 1.50 bits per heavy atom. The van der Waals surface area contributed by atoms with Crippen molar-refractivity contribution in [1.29, 1.82) is 0 Å². The number of hydrogen-bond donors (Lipinski definition) is 1. The molecule has 3 nitrogen and oxygen atoms in total. The van der Waals surface area contributed by atoms with E-state index in [1.165, 1.54) is 24.0 Å². The second kappa shape index (κ2) is 5.97. The quantitative estimate of drug-likeness (QED) is 0.841. The third kappa shape index (κ3) is 3.58. The smallest absolute Gasteiger partial charge is 0.0506 e. The molecular weight excluding hydrogens is 200 g/mol. The zero-order chi connectivity index (χ0) is 11.2. The molecule has 1 fully saturated rings. The number of aromatic nitrogens is 1. The number of aryl methyl sites for hydroxylation is 1. The molecule has 1 unspecified atom stereocenters. The Bertz CT molecular complexity index is 321. The number of nitrogens with one attached hydrogen (secondary N) is 1. The Balaban J connectivity index is 1.71. The van der Waals surface area contributed by atoms with Crippen molar-refractivity contribution in [1.82, 2.24) is 10.3 Å². The van der Waals surface area contributed by atoms with Gasteiger partial charge in [-0.2, -0.15) is 0 Å². The summed E-state index contributed by atoms with van der Waals surface area (Å²) in [4.78, 5) is 4.18. The van der Waals surface area contributed by atoms with Crippen LogP contribution in [0.1, 0.15) is 24.0 Å². The Hall–Kier alpha value is -0.930. The molecule has 0 aliphatic carbocycles. The molecule has 1 aromatic rings. The minimum atomic E-state index is 0.687. The summed E-state index contributed by atoms with van der Waals surface area (Å²) in [5.74, 6) is 0.687. The maximum atomic E-state index is 5.45. The van der Waals surface area contributed by atoms with Gasteiger partial charge < -0.3 is 10.1 Å². The highest BCUT2D eigenvalue weighted by Crippen LogP contribution is 2.12. The topological polar surface area (TPSA) is 34.2 Å². The summed E-state index contributed by atoms with van der Waals surface area (Å²) in [5.41, 5.74) is 2.48. The van der Waals surface area contributed by atoms with Crippen LogP contribution in [0.5, 0.6) is 0 Å². The molecule has 1 N–H and O–H groups in total. The monoisotopic (exact) mass is 220 g/mol. The Labute approximate surface area is 97.2 Å². The highest BCUT2D eigenvalue weighted by molar-refractivity contribution is 5.16. The summed E-state index contributed by atoms with van der Waals surface area (Å²) >= 11 is 0. The van der Waals surface area contributed by atoms with Crippen molar-refractivity contribution in [3.8, 4) is 0 Å². The largest absolute Gasteiger partial charge is 0.381 e. The van der Waals surface area contributed by atoms with Crippen molar-refractivity contribution in [3.05, 3.63) is 29.6 Å². The third-order valence-corrected chi connectivity index (χ3v) is 2.95. The first-order chi connectivity index (χ1) is 7.84. The maximum absolute atomic E-state index is 5.45. The predicted molar refractivity (Wildman–Crippen MR) is 64.2 cm³/mol. The number of hydrogen-bond acceptors (Lipinski definition) is 3. The fourth-order valence-corrected chi connectivity index (χ4v) is 2.10. The van der Waals surface area contributed by atoms with Crippen LogP contribution in [-0.2, 0) is 11.3 Å². The summed E-state index contributed by atoms with van der Waals surface area (Å²) in [6.07, 6.45) is 6.31. The van der Waals surface area contributed by atoms with Crippen LogP contribution < -0.4 is 5.32 Å². The standard InChI is InChI=1S/C13H20N2O/c1-11-5-13(8-14-6-11)9-15-7-12-3-2-4-16-10-12/h5-6,8,12,15H,2-4,7,9-10H2,1H3. The zero-order valence-electron chi connectivity index (χ0n) is 9.91. The van der Waals surface area contributed by atoms with E-state index in [1.807, 2.05) is 12.4 Å². The molecule has 2 rings (SSSR count). The summed E-state index contributed by atoms with van der Waals surface area (Å²) in [7, 11) is 0. The van der Waals surface area contributed by atoms with Gasteiger partial charge in [-0.05, 0) is 36.8 Å². The number of ether oxygens (including phenoxy) is 1. The van der Waals surface area contributed by atoms with Gasteiger partial charge in [0.15, 0.2) is 0 Å². The molecule has 16 heavy (non-hydrogen) atoms. The van der Waals surface area contributed by atoms with Gasteiger partial charge in [0.1, 0.15) is 0 Å². The normalized spacial score (nSPS) is 20.9. The number of pyridine rings is 1. The average Bonchev–Trinajstić information content (AvgIpc) is 2.30. The molecule has 0 amide bonds. The molecule has 88 valence electrons. The lowest BCUT2D eigenvalue weighted by Gasteiger charge is -2.22. The van der Waals surface area contributed by atoms with E-state index in [1.54, 1.807) is 0 Å². The molecule has 1 aliphatic rings. The molecule has 0 spiro atoms. The predicted octanol–water partition coefficient (Wildman–Crippen LogP) is 1.91. The fourth-order valence-electron chi connectivity index (χ4n) is 2.10. The third-order valence-electron chi connectivity index (χ3n) is 2.95. The van der Waals surface area contributed by atoms with Crippen molar-refractivity contribution in [2.75, 3.05) is 19.8 Å². The van der Waals surface area contributed by atoms with Crippen LogP contribution in [0.15, 0.2) is 18.5 Å². The van der Waals surface area contributed by atoms with E-state index < -0.39 is 0 Å². The van der Waals surface area contributed by atoms with Crippen LogP contribution in [-0.4, -0.2) is 24.7 Å². The summed E-state index contributed by atoms with van der Waals surface area (Å²) in [6, 6.07) is 2.18. The fraction of sp³-hybridized carbons (Fsp3) is 0.615. The van der Waals surface area contributed by atoms with E-state index in [-0.39, 0.29) is 0 Å². The van der Waals surface area contributed by atoms with Gasteiger partial charge in [0.05, 0.1) is 6.61 Å². The minimum absolute atomic E-state index is 0.687. The van der Waals surface area contributed by atoms with Crippen molar-refractivity contribution < 1.29 is 4.74 Å². The summed E-state index contributed by atoms with van der Waals surface area (Å²) in [6.45, 7) is 5.89. The van der Waals surface area contributed by atoms with Crippen molar-refractivity contribution in [2.45, 2.75) is 26.3 Å². The van der Waals surface area contributed by atoms with Gasteiger partial charge in [-0.25, -0.2) is 0 Å². The van der Waals surface area contributed by atoms with Gasteiger partial charge >= 0.3 is 0 Å². The van der Waals surface area contributed by atoms with Crippen molar-refractivity contribution >= 4 is 0 Å². The maximum Gasteiger partial charge on any atom is 0.0506 e. The highest BCUT2D eigenvalue weighted by atomic mass is 16.5. The van der Waals surface area contributed by atoms with Gasteiger partial charge in [0.25, 0.3) is 0 Å². The lowest BCUT2D eigenvalue weighted by atomic mass is 10.0. The minimum Gasteiger partial charge on any atom is -0.381 e. The first-order valence-corrected chi connectivity index (χ1v) is 6.03. The lowest BCUT2D eigenvalue weighted by molar-refractivity contribution is 0.0547. The van der Waals surface area contributed by atoms with Gasteiger partial charge in [-0.3, -0.25) is 4.98 Å². The highest BCUT2D eigenvalue weighted by Gasteiger charge is 2.12. The molecule has 1 aromatic heterocycles. The molecule has 0 bridgehead atoms. The molecule has 0 saturated carbocycles. The van der Waals surface area contributed by atoms with E-state index in [2.05, 4.69) is 23.3 Å². The molecule has 0 aromatic carbocycles. The molecule has 3 heteroatoms. The van der Waals surface area contributed by atoms with Gasteiger partial charge in [0, 0.05) is 32.1 Å². The summed E-state index contributed by atoms with van der Waals surface area (Å²) < 4.78 is 5.45. The first kappa shape index (κ1) is 11.6. The molecular formula is C13H20N2O. The van der Waals surface area contributed by atoms with Crippen LogP contribution in [0.4, 0.5) is 0 Å². The molecule has 1 saturated heterocycles. The van der Waals surface area contributed by atoms with Crippen LogP contribution in [0.2, 0.25) is 0 Å². The summed E-state index contributed by atoms with van der Waals surface area (Å²) in [5, 5.41) is 3.48. The van der Waals surface area contributed by atoms with E-state index in [0.29, 0.717) is 5.92 Å². The van der Waals surface area contributed by atoms with Gasteiger partial charge in [-0.1, -0.05) is 6.07 Å². The first-order valence-electron chi connectivity index (χ1n) is 6.03. The van der Waals surface area contributed by atoms with Crippen LogP contribution in [0, 0.1) is 12.8 Å². The van der Waals surface area contributed by atoms with Gasteiger partial charge in [0.2, 0.25) is 0 Å². The average molecular weight is 220 g/mol. The Morgan fingerprint density at radius 3 is 3.19 bits per heavy atom. The molecule has 0 radical (unpaired) electrons.